The number of halogens is 2. The maximum atomic E-state index is 12.3. The molecule has 0 heterocycles. The summed E-state index contributed by atoms with van der Waals surface area (Å²) in [4.78, 5) is 18.2. The molecule has 0 saturated heterocycles. The molecule has 2 N–H and O–H groups in total. The van der Waals surface area contributed by atoms with Gasteiger partial charge in [0.1, 0.15) is 0 Å². The molecule has 0 unspecified atom stereocenters. The lowest BCUT2D eigenvalue weighted by molar-refractivity contribution is -0.130. The summed E-state index contributed by atoms with van der Waals surface area (Å²) >= 11 is 3.52. The van der Waals surface area contributed by atoms with Crippen LogP contribution >= 0.6 is 39.9 Å². The number of rotatable bonds is 6. The molecule has 1 amide bonds. The molecule has 0 bridgehead atoms. The third-order valence-electron chi connectivity index (χ3n) is 3.99. The summed E-state index contributed by atoms with van der Waals surface area (Å²) in [5.74, 6) is 0.862. The average Bonchev–Trinajstić information content (AvgIpc) is 3.08. The van der Waals surface area contributed by atoms with Crippen LogP contribution in [0.3, 0.4) is 0 Å². The highest BCUT2D eigenvalue weighted by atomic mass is 127. The predicted octanol–water partition coefficient (Wildman–Crippen LogP) is 3.30. The summed E-state index contributed by atoms with van der Waals surface area (Å²) in [6.07, 6.45) is 6.82. The Hall–Kier alpha value is -1.09. The van der Waals surface area contributed by atoms with Crippen molar-refractivity contribution in [3.05, 3.63) is 46.5 Å². The highest BCUT2D eigenvalue weighted by Gasteiger charge is 2.13. The third kappa shape index (κ3) is 7.35. The van der Waals surface area contributed by atoms with Crippen LogP contribution in [0.2, 0.25) is 0 Å². The predicted molar refractivity (Wildman–Crippen MR) is 117 cm³/mol. The van der Waals surface area contributed by atoms with Gasteiger partial charge in [-0.1, -0.05) is 46.3 Å². The van der Waals surface area contributed by atoms with Crippen LogP contribution in [0.25, 0.3) is 0 Å². The van der Waals surface area contributed by atoms with Crippen molar-refractivity contribution in [1.82, 2.24) is 15.5 Å². The van der Waals surface area contributed by atoms with Crippen molar-refractivity contribution in [3.63, 3.8) is 0 Å². The van der Waals surface area contributed by atoms with Gasteiger partial charge in [0.2, 0.25) is 5.91 Å². The molecule has 1 aliphatic carbocycles. The molecule has 138 valence electrons. The minimum absolute atomic E-state index is 0. The fourth-order valence-electron chi connectivity index (χ4n) is 2.57. The topological polar surface area (TPSA) is 56.7 Å². The van der Waals surface area contributed by atoms with E-state index in [1.807, 2.05) is 31.3 Å². The minimum Gasteiger partial charge on any atom is -0.356 e. The van der Waals surface area contributed by atoms with Gasteiger partial charge >= 0.3 is 0 Å². The zero-order valence-corrected chi connectivity index (χ0v) is 18.6. The molecule has 0 fully saturated rings. The Bertz CT molecular complexity index is 613. The molecule has 7 heteroatoms. The second-order valence-corrected chi connectivity index (χ2v) is 6.73. The van der Waals surface area contributed by atoms with E-state index < -0.39 is 0 Å². The first-order valence-corrected chi connectivity index (χ1v) is 8.99. The molecule has 0 spiro atoms. The fraction of sp³-hybridized carbons (Fsp3) is 0.444. The number of nitrogens with one attached hydrogen (secondary N) is 2. The standard InChI is InChI=1S/C18H25BrN4O.HI/c1-20-18(22-15-8-4-5-9-15)21-12-11-17(24)23(2)13-14-7-3-6-10-16(14)19;/h3-7,10,15H,8-9,11-13H2,1-2H3,(H2,20,21,22);1H. The van der Waals surface area contributed by atoms with Crippen LogP contribution in [0.15, 0.2) is 45.9 Å². The van der Waals surface area contributed by atoms with E-state index in [0.717, 1.165) is 28.8 Å². The summed E-state index contributed by atoms with van der Waals surface area (Å²) < 4.78 is 1.03. The lowest BCUT2D eigenvalue weighted by atomic mass is 10.2. The van der Waals surface area contributed by atoms with Gasteiger partial charge in [-0.3, -0.25) is 9.79 Å². The maximum Gasteiger partial charge on any atom is 0.224 e. The number of benzene rings is 1. The Morgan fingerprint density at radius 3 is 2.64 bits per heavy atom. The summed E-state index contributed by atoms with van der Waals surface area (Å²) in [7, 11) is 3.58. The molecule has 0 radical (unpaired) electrons. The van der Waals surface area contributed by atoms with Gasteiger partial charge in [-0.05, 0) is 24.5 Å². The molecular weight excluding hydrogens is 495 g/mol. The Balaban J connectivity index is 0.00000312. The van der Waals surface area contributed by atoms with Gasteiger partial charge in [-0.15, -0.1) is 24.0 Å². The van der Waals surface area contributed by atoms with Crippen molar-refractivity contribution >= 4 is 51.8 Å². The number of aliphatic imine (C=N–C) groups is 1. The van der Waals surface area contributed by atoms with Crippen LogP contribution < -0.4 is 10.6 Å². The van der Waals surface area contributed by atoms with Crippen LogP contribution in [0.4, 0.5) is 0 Å². The molecule has 5 nitrogen and oxygen atoms in total. The third-order valence-corrected chi connectivity index (χ3v) is 4.77. The van der Waals surface area contributed by atoms with Gasteiger partial charge in [0, 0.05) is 44.1 Å². The Morgan fingerprint density at radius 2 is 2.00 bits per heavy atom. The summed E-state index contributed by atoms with van der Waals surface area (Å²) in [6.45, 7) is 1.17. The summed E-state index contributed by atoms with van der Waals surface area (Å²) in [6, 6.07) is 8.37. The quantitative estimate of drug-likeness (QED) is 0.262. The van der Waals surface area contributed by atoms with Crippen molar-refractivity contribution in [1.29, 1.82) is 0 Å². The molecule has 0 aromatic heterocycles. The van der Waals surface area contributed by atoms with E-state index in [0.29, 0.717) is 25.6 Å². The van der Waals surface area contributed by atoms with Crippen molar-refractivity contribution in [2.75, 3.05) is 20.6 Å². The van der Waals surface area contributed by atoms with Crippen molar-refractivity contribution in [2.45, 2.75) is 31.8 Å². The molecule has 1 aliphatic rings. The number of amides is 1. The molecule has 1 aromatic carbocycles. The van der Waals surface area contributed by atoms with Crippen molar-refractivity contribution < 1.29 is 4.79 Å². The van der Waals surface area contributed by atoms with E-state index in [2.05, 4.69) is 43.7 Å². The largest absolute Gasteiger partial charge is 0.356 e. The zero-order valence-electron chi connectivity index (χ0n) is 14.7. The normalized spacial score (nSPS) is 14.1. The first-order chi connectivity index (χ1) is 11.6. The lowest BCUT2D eigenvalue weighted by Crippen LogP contribution is -2.43. The van der Waals surface area contributed by atoms with Crippen LogP contribution in [-0.4, -0.2) is 43.4 Å². The number of carbonyl (C=O) groups is 1. The number of nitrogens with zero attached hydrogens (tertiary/aromatic N) is 2. The molecule has 2 rings (SSSR count). The molecule has 0 aliphatic heterocycles. The van der Waals surface area contributed by atoms with Crippen LogP contribution in [0.1, 0.15) is 24.8 Å². The van der Waals surface area contributed by atoms with E-state index in [1.165, 1.54) is 0 Å². The lowest BCUT2D eigenvalue weighted by Gasteiger charge is -2.20. The number of carbonyl (C=O) groups excluding carboxylic acids is 1. The van der Waals surface area contributed by atoms with Gasteiger partial charge in [0.15, 0.2) is 5.96 Å². The van der Waals surface area contributed by atoms with Crippen LogP contribution in [-0.2, 0) is 11.3 Å². The highest BCUT2D eigenvalue weighted by molar-refractivity contribution is 14.0. The SMILES string of the molecule is CN=C(NCCC(=O)N(C)Cc1ccccc1Br)NC1CC=CC1.I. The van der Waals surface area contributed by atoms with Gasteiger partial charge in [-0.25, -0.2) is 0 Å². The van der Waals surface area contributed by atoms with E-state index in [4.69, 9.17) is 0 Å². The van der Waals surface area contributed by atoms with Crippen LogP contribution in [0.5, 0.6) is 0 Å². The average molecular weight is 521 g/mol. The summed E-state index contributed by atoms with van der Waals surface area (Å²) in [5.41, 5.74) is 1.10. The van der Waals surface area contributed by atoms with Gasteiger partial charge in [0.25, 0.3) is 0 Å². The molecule has 1 aromatic rings. The minimum atomic E-state index is 0. The first-order valence-electron chi connectivity index (χ1n) is 8.19. The smallest absolute Gasteiger partial charge is 0.224 e. The highest BCUT2D eigenvalue weighted by Crippen LogP contribution is 2.17. The monoisotopic (exact) mass is 520 g/mol. The van der Waals surface area contributed by atoms with Crippen molar-refractivity contribution in [2.24, 2.45) is 4.99 Å². The zero-order chi connectivity index (χ0) is 17.4. The molecular formula is C18H26BrIN4O. The van der Waals surface area contributed by atoms with Gasteiger partial charge in [0.05, 0.1) is 0 Å². The van der Waals surface area contributed by atoms with E-state index in [1.54, 1.807) is 11.9 Å². The molecule has 0 saturated carbocycles. The van der Waals surface area contributed by atoms with E-state index >= 15 is 0 Å². The Morgan fingerprint density at radius 1 is 1.32 bits per heavy atom. The second kappa shape index (κ2) is 11.5. The van der Waals surface area contributed by atoms with Crippen molar-refractivity contribution in [3.8, 4) is 0 Å². The Labute approximate surface area is 175 Å². The number of hydrogen-bond acceptors (Lipinski definition) is 2. The van der Waals surface area contributed by atoms with Gasteiger partial charge in [-0.2, -0.15) is 0 Å². The second-order valence-electron chi connectivity index (χ2n) is 5.87. The van der Waals surface area contributed by atoms with Gasteiger partial charge < -0.3 is 15.5 Å². The molecule has 0 atom stereocenters. The van der Waals surface area contributed by atoms with E-state index in [-0.39, 0.29) is 29.9 Å². The van der Waals surface area contributed by atoms with E-state index in [9.17, 15) is 4.79 Å². The molecule has 25 heavy (non-hydrogen) atoms. The fourth-order valence-corrected chi connectivity index (χ4v) is 2.98. The van der Waals surface area contributed by atoms with Crippen LogP contribution in [0, 0.1) is 0 Å². The summed E-state index contributed by atoms with van der Waals surface area (Å²) in [5, 5.41) is 6.57. The number of hydrogen-bond donors (Lipinski definition) is 2. The maximum absolute atomic E-state index is 12.3. The number of guanidine groups is 1. The first kappa shape index (κ1) is 22.0. The Kier molecular flexibility index (Phi) is 10.1.